The lowest BCUT2D eigenvalue weighted by atomic mass is 9.97. The number of carbonyl (C=O) groups is 2. The summed E-state index contributed by atoms with van der Waals surface area (Å²) in [7, 11) is 2.08. The minimum Gasteiger partial charge on any atom is -0.341 e. The summed E-state index contributed by atoms with van der Waals surface area (Å²) in [4.78, 5) is 32.0. The van der Waals surface area contributed by atoms with Gasteiger partial charge in [0.25, 0.3) is 5.91 Å². The van der Waals surface area contributed by atoms with Crippen LogP contribution in [0.3, 0.4) is 0 Å². The first-order valence-corrected chi connectivity index (χ1v) is 9.81. The van der Waals surface area contributed by atoms with Crippen molar-refractivity contribution in [2.24, 2.45) is 5.92 Å². The Hall–Kier alpha value is -1.11. The van der Waals surface area contributed by atoms with Crippen molar-refractivity contribution in [2.75, 3.05) is 46.3 Å². The van der Waals surface area contributed by atoms with Gasteiger partial charge in [-0.15, -0.1) is 11.3 Å². The molecule has 132 valence electrons. The van der Waals surface area contributed by atoms with E-state index in [0.717, 1.165) is 38.9 Å². The highest BCUT2D eigenvalue weighted by Gasteiger charge is 2.30. The zero-order chi connectivity index (χ0) is 17.1. The third kappa shape index (κ3) is 3.92. The number of nitrogens with zero attached hydrogens (tertiary/aromatic N) is 3. The van der Waals surface area contributed by atoms with E-state index in [0.29, 0.717) is 29.5 Å². The summed E-state index contributed by atoms with van der Waals surface area (Å²) in [5.74, 6) is 0.351. The molecular formula is C17H24ClN3O2S. The number of amides is 2. The van der Waals surface area contributed by atoms with Crippen LogP contribution in [0.1, 0.15) is 28.9 Å². The molecule has 2 amide bonds. The molecule has 5 nitrogen and oxygen atoms in total. The highest BCUT2D eigenvalue weighted by atomic mass is 35.5. The summed E-state index contributed by atoms with van der Waals surface area (Å²) in [6, 6.07) is 1.76. The number of thiophene rings is 1. The maximum atomic E-state index is 12.8. The van der Waals surface area contributed by atoms with E-state index in [2.05, 4.69) is 11.9 Å². The molecule has 7 heteroatoms. The molecule has 1 unspecified atom stereocenters. The van der Waals surface area contributed by atoms with Crippen LogP contribution in [-0.4, -0.2) is 72.8 Å². The summed E-state index contributed by atoms with van der Waals surface area (Å²) < 4.78 is 0. The second kappa shape index (κ2) is 7.85. The smallest absolute Gasteiger partial charge is 0.265 e. The lowest BCUT2D eigenvalue weighted by Gasteiger charge is -2.32. The molecule has 0 saturated carbocycles. The van der Waals surface area contributed by atoms with E-state index in [9.17, 15) is 9.59 Å². The van der Waals surface area contributed by atoms with Crippen LogP contribution in [0.15, 0.2) is 11.4 Å². The van der Waals surface area contributed by atoms with E-state index in [1.807, 2.05) is 15.2 Å². The van der Waals surface area contributed by atoms with Crippen LogP contribution >= 0.6 is 22.9 Å². The molecule has 0 spiro atoms. The number of hydrogen-bond donors (Lipinski definition) is 0. The maximum Gasteiger partial charge on any atom is 0.265 e. The van der Waals surface area contributed by atoms with Crippen LogP contribution in [0.2, 0.25) is 5.02 Å². The first kappa shape index (κ1) is 17.7. The van der Waals surface area contributed by atoms with Gasteiger partial charge >= 0.3 is 0 Å². The van der Waals surface area contributed by atoms with Crippen LogP contribution in [0.5, 0.6) is 0 Å². The summed E-state index contributed by atoms with van der Waals surface area (Å²) in [6.45, 7) is 4.55. The molecule has 0 N–H and O–H groups in total. The van der Waals surface area contributed by atoms with E-state index in [-0.39, 0.29) is 17.7 Å². The number of likely N-dealkylation sites (tertiary alicyclic amines) is 1. The number of rotatable bonds is 2. The monoisotopic (exact) mass is 369 g/mol. The second-order valence-electron chi connectivity index (χ2n) is 6.67. The van der Waals surface area contributed by atoms with Crippen molar-refractivity contribution in [3.63, 3.8) is 0 Å². The predicted molar refractivity (Wildman–Crippen MR) is 96.7 cm³/mol. The summed E-state index contributed by atoms with van der Waals surface area (Å²) in [5, 5.41) is 2.36. The highest BCUT2D eigenvalue weighted by Crippen LogP contribution is 2.24. The van der Waals surface area contributed by atoms with Gasteiger partial charge in [-0.25, -0.2) is 0 Å². The fourth-order valence-electron chi connectivity index (χ4n) is 3.56. The van der Waals surface area contributed by atoms with Gasteiger partial charge in [0.15, 0.2) is 0 Å². The molecule has 0 aromatic carbocycles. The van der Waals surface area contributed by atoms with Gasteiger partial charge in [0.2, 0.25) is 5.91 Å². The van der Waals surface area contributed by atoms with Crippen molar-refractivity contribution in [3.8, 4) is 0 Å². The molecule has 2 aliphatic rings. The van der Waals surface area contributed by atoms with Crippen LogP contribution in [0.4, 0.5) is 0 Å². The highest BCUT2D eigenvalue weighted by molar-refractivity contribution is 7.12. The number of carbonyl (C=O) groups excluding carboxylic acids is 2. The van der Waals surface area contributed by atoms with Gasteiger partial charge in [-0.1, -0.05) is 11.6 Å². The Kier molecular flexibility index (Phi) is 5.79. The molecule has 1 atom stereocenters. The minimum absolute atomic E-state index is 0.0123. The quantitative estimate of drug-likeness (QED) is 0.804. The van der Waals surface area contributed by atoms with Crippen molar-refractivity contribution >= 4 is 34.8 Å². The number of piperidine rings is 1. The van der Waals surface area contributed by atoms with Gasteiger partial charge < -0.3 is 14.7 Å². The molecule has 2 aliphatic heterocycles. The maximum absolute atomic E-state index is 12.8. The van der Waals surface area contributed by atoms with Gasteiger partial charge in [-0.2, -0.15) is 0 Å². The van der Waals surface area contributed by atoms with Crippen LogP contribution in [0.25, 0.3) is 0 Å². The van der Waals surface area contributed by atoms with Gasteiger partial charge in [0, 0.05) is 32.7 Å². The molecular weight excluding hydrogens is 346 g/mol. The van der Waals surface area contributed by atoms with Crippen molar-refractivity contribution in [2.45, 2.75) is 19.3 Å². The average molecular weight is 370 g/mol. The molecule has 24 heavy (non-hydrogen) atoms. The third-order valence-electron chi connectivity index (χ3n) is 4.88. The molecule has 2 saturated heterocycles. The zero-order valence-corrected chi connectivity index (χ0v) is 15.6. The Morgan fingerprint density at radius 3 is 2.58 bits per heavy atom. The summed E-state index contributed by atoms with van der Waals surface area (Å²) in [5.41, 5.74) is 0. The Balaban J connectivity index is 1.59. The van der Waals surface area contributed by atoms with Gasteiger partial charge in [-0.05, 0) is 44.3 Å². The largest absolute Gasteiger partial charge is 0.341 e. The Morgan fingerprint density at radius 2 is 1.88 bits per heavy atom. The fourth-order valence-corrected chi connectivity index (χ4v) is 4.66. The van der Waals surface area contributed by atoms with Gasteiger partial charge in [0.05, 0.1) is 10.9 Å². The number of hydrogen-bond acceptors (Lipinski definition) is 4. The third-order valence-corrected chi connectivity index (χ3v) is 6.21. The first-order valence-electron chi connectivity index (χ1n) is 8.56. The van der Waals surface area contributed by atoms with Gasteiger partial charge in [-0.3, -0.25) is 9.59 Å². The van der Waals surface area contributed by atoms with Crippen molar-refractivity contribution in [1.82, 2.24) is 14.7 Å². The minimum atomic E-state index is -0.0123. The first-order chi connectivity index (χ1) is 11.6. The summed E-state index contributed by atoms with van der Waals surface area (Å²) >= 11 is 7.46. The SMILES string of the molecule is CN1CCCC(C(=O)N2CCCN(C(=O)c3sccc3Cl)CC2)C1. The number of halogens is 1. The van der Waals surface area contributed by atoms with Crippen molar-refractivity contribution in [3.05, 3.63) is 21.3 Å². The molecule has 3 rings (SSSR count). The molecule has 0 aliphatic carbocycles. The lowest BCUT2D eigenvalue weighted by Crippen LogP contribution is -2.45. The van der Waals surface area contributed by atoms with E-state index in [4.69, 9.17) is 11.6 Å². The Bertz CT molecular complexity index is 606. The lowest BCUT2D eigenvalue weighted by molar-refractivity contribution is -0.137. The van der Waals surface area contributed by atoms with Gasteiger partial charge in [0.1, 0.15) is 4.88 Å². The normalized spacial score (nSPS) is 23.2. The van der Waals surface area contributed by atoms with E-state index >= 15 is 0 Å². The molecule has 0 radical (unpaired) electrons. The molecule has 3 heterocycles. The van der Waals surface area contributed by atoms with E-state index < -0.39 is 0 Å². The fraction of sp³-hybridized carbons (Fsp3) is 0.647. The molecule has 2 fully saturated rings. The molecule has 0 bridgehead atoms. The van der Waals surface area contributed by atoms with Crippen molar-refractivity contribution < 1.29 is 9.59 Å². The standard InChI is InChI=1S/C17H24ClN3O2S/c1-19-6-2-4-13(12-19)16(22)20-7-3-8-21(10-9-20)17(23)15-14(18)5-11-24-15/h5,11,13H,2-4,6-10,12H2,1H3. The molecule has 1 aromatic rings. The van der Waals surface area contributed by atoms with Crippen LogP contribution < -0.4 is 0 Å². The average Bonchev–Trinajstić information content (AvgIpc) is 2.85. The Morgan fingerprint density at radius 1 is 1.12 bits per heavy atom. The zero-order valence-electron chi connectivity index (χ0n) is 14.0. The molecule has 1 aromatic heterocycles. The van der Waals surface area contributed by atoms with E-state index in [1.54, 1.807) is 6.07 Å². The Labute approximate surface area is 152 Å². The topological polar surface area (TPSA) is 43.9 Å². The summed E-state index contributed by atoms with van der Waals surface area (Å²) in [6.07, 6.45) is 2.89. The van der Waals surface area contributed by atoms with E-state index in [1.165, 1.54) is 11.3 Å². The van der Waals surface area contributed by atoms with Crippen LogP contribution in [0, 0.1) is 5.92 Å². The second-order valence-corrected chi connectivity index (χ2v) is 7.99. The van der Waals surface area contributed by atoms with Crippen LogP contribution in [-0.2, 0) is 4.79 Å². The predicted octanol–water partition coefficient (Wildman–Crippen LogP) is 2.42. The van der Waals surface area contributed by atoms with Crippen molar-refractivity contribution in [1.29, 1.82) is 0 Å².